The van der Waals surface area contributed by atoms with Crippen molar-refractivity contribution in [3.05, 3.63) is 65.7 Å². The van der Waals surface area contributed by atoms with E-state index in [-0.39, 0.29) is 5.97 Å². The summed E-state index contributed by atoms with van der Waals surface area (Å²) in [6.45, 7) is 6.13. The molecule has 0 aliphatic carbocycles. The second kappa shape index (κ2) is 6.57. The molecule has 0 atom stereocenters. The molecule has 2 aromatic carbocycles. The fourth-order valence-electron chi connectivity index (χ4n) is 2.83. The summed E-state index contributed by atoms with van der Waals surface area (Å²) in [5.41, 5.74) is 1.61. The van der Waals surface area contributed by atoms with Crippen LogP contribution in [0.3, 0.4) is 0 Å². The van der Waals surface area contributed by atoms with Gasteiger partial charge in [0.2, 0.25) is 0 Å². The molecule has 0 radical (unpaired) electrons. The molecular weight excluding hydrogens is 260 g/mol. The van der Waals surface area contributed by atoms with Crippen LogP contribution in [0.15, 0.2) is 54.6 Å². The van der Waals surface area contributed by atoms with Crippen molar-refractivity contribution in [2.75, 3.05) is 0 Å². The summed E-state index contributed by atoms with van der Waals surface area (Å²) >= 11 is 0. The molecule has 0 saturated heterocycles. The summed E-state index contributed by atoms with van der Waals surface area (Å²) in [5, 5.41) is 0. The highest BCUT2D eigenvalue weighted by atomic mass is 16.5. The maximum atomic E-state index is 12.8. The van der Waals surface area contributed by atoms with E-state index in [1.807, 2.05) is 75.4 Å². The SMILES string of the molecule is CCC(CC)(C(=O)Oc1ccccc1)c1ccccc1C. The predicted molar refractivity (Wildman–Crippen MR) is 85.5 cm³/mol. The number of benzene rings is 2. The minimum atomic E-state index is -0.582. The number of carbonyl (C=O) groups excluding carboxylic acids is 1. The fraction of sp³-hybridized carbons (Fsp3) is 0.316. The topological polar surface area (TPSA) is 26.3 Å². The van der Waals surface area contributed by atoms with Gasteiger partial charge in [0.1, 0.15) is 5.75 Å². The molecule has 0 aromatic heterocycles. The minimum absolute atomic E-state index is 0.173. The number of carbonyl (C=O) groups is 1. The molecule has 2 rings (SSSR count). The van der Waals surface area contributed by atoms with Crippen LogP contribution in [0.4, 0.5) is 0 Å². The van der Waals surface area contributed by atoms with Gasteiger partial charge in [-0.15, -0.1) is 0 Å². The van der Waals surface area contributed by atoms with Crippen LogP contribution in [-0.2, 0) is 10.2 Å². The molecule has 2 aromatic rings. The van der Waals surface area contributed by atoms with Crippen LogP contribution in [0.1, 0.15) is 37.8 Å². The largest absolute Gasteiger partial charge is 0.426 e. The number of rotatable bonds is 5. The summed E-state index contributed by atoms with van der Waals surface area (Å²) in [6.07, 6.45) is 1.44. The van der Waals surface area contributed by atoms with E-state index in [4.69, 9.17) is 4.74 Å². The van der Waals surface area contributed by atoms with Crippen molar-refractivity contribution >= 4 is 5.97 Å². The number of hydrogen-bond acceptors (Lipinski definition) is 2. The van der Waals surface area contributed by atoms with Gasteiger partial charge in [0.05, 0.1) is 5.41 Å². The molecular formula is C19H22O2. The van der Waals surface area contributed by atoms with Gasteiger partial charge in [-0.3, -0.25) is 4.79 Å². The maximum absolute atomic E-state index is 12.8. The van der Waals surface area contributed by atoms with E-state index >= 15 is 0 Å². The average Bonchev–Trinajstić information content (AvgIpc) is 2.51. The molecule has 2 heteroatoms. The Bertz CT molecular complexity index is 598. The van der Waals surface area contributed by atoms with Crippen molar-refractivity contribution in [3.63, 3.8) is 0 Å². The Morgan fingerprint density at radius 1 is 0.952 bits per heavy atom. The molecule has 0 unspecified atom stereocenters. The Balaban J connectivity index is 2.38. The molecule has 0 fully saturated rings. The quantitative estimate of drug-likeness (QED) is 0.589. The standard InChI is InChI=1S/C19H22O2/c1-4-19(5-2,17-14-10-9-11-15(17)3)18(20)21-16-12-7-6-8-13-16/h6-14H,4-5H2,1-3H3. The van der Waals surface area contributed by atoms with Gasteiger partial charge in [-0.05, 0) is 43.0 Å². The molecule has 0 N–H and O–H groups in total. The number of esters is 1. The Kier molecular flexibility index (Phi) is 4.79. The normalized spacial score (nSPS) is 11.2. The molecule has 2 nitrogen and oxygen atoms in total. The van der Waals surface area contributed by atoms with E-state index < -0.39 is 5.41 Å². The third-order valence-electron chi connectivity index (χ3n) is 4.21. The van der Waals surface area contributed by atoms with E-state index in [9.17, 15) is 4.79 Å². The van der Waals surface area contributed by atoms with Crippen molar-refractivity contribution in [3.8, 4) is 5.75 Å². The average molecular weight is 282 g/mol. The van der Waals surface area contributed by atoms with Crippen molar-refractivity contribution in [2.45, 2.75) is 39.0 Å². The van der Waals surface area contributed by atoms with Crippen LogP contribution in [-0.4, -0.2) is 5.97 Å². The van der Waals surface area contributed by atoms with E-state index in [1.165, 1.54) is 0 Å². The first kappa shape index (κ1) is 15.3. The molecule has 0 bridgehead atoms. The summed E-state index contributed by atoms with van der Waals surface area (Å²) < 4.78 is 5.63. The summed E-state index contributed by atoms with van der Waals surface area (Å²) in [6, 6.07) is 17.3. The molecule has 0 heterocycles. The zero-order chi connectivity index (χ0) is 15.3. The fourth-order valence-corrected chi connectivity index (χ4v) is 2.83. The number of aryl methyl sites for hydroxylation is 1. The van der Waals surface area contributed by atoms with Gasteiger partial charge in [0, 0.05) is 0 Å². The Hall–Kier alpha value is -2.09. The third-order valence-corrected chi connectivity index (χ3v) is 4.21. The molecule has 0 amide bonds. The van der Waals surface area contributed by atoms with Crippen LogP contribution in [0.2, 0.25) is 0 Å². The lowest BCUT2D eigenvalue weighted by Gasteiger charge is -2.31. The highest BCUT2D eigenvalue weighted by Gasteiger charge is 2.39. The first-order valence-electron chi connectivity index (χ1n) is 7.47. The molecule has 110 valence electrons. The summed E-state index contributed by atoms with van der Waals surface area (Å²) in [7, 11) is 0. The molecule has 0 saturated carbocycles. The van der Waals surface area contributed by atoms with Crippen molar-refractivity contribution in [2.24, 2.45) is 0 Å². The van der Waals surface area contributed by atoms with Gasteiger partial charge in [0.25, 0.3) is 0 Å². The van der Waals surface area contributed by atoms with E-state index in [2.05, 4.69) is 0 Å². The maximum Gasteiger partial charge on any atom is 0.321 e. The van der Waals surface area contributed by atoms with Gasteiger partial charge < -0.3 is 4.74 Å². The van der Waals surface area contributed by atoms with Gasteiger partial charge in [-0.25, -0.2) is 0 Å². The van der Waals surface area contributed by atoms with Gasteiger partial charge >= 0.3 is 5.97 Å². The predicted octanol–water partition coefficient (Wildman–Crippen LogP) is 4.66. The van der Waals surface area contributed by atoms with Crippen LogP contribution >= 0.6 is 0 Å². The second-order valence-corrected chi connectivity index (χ2v) is 5.31. The lowest BCUT2D eigenvalue weighted by Crippen LogP contribution is -2.38. The van der Waals surface area contributed by atoms with Gasteiger partial charge in [0.15, 0.2) is 0 Å². The van der Waals surface area contributed by atoms with Crippen LogP contribution in [0, 0.1) is 6.92 Å². The summed E-state index contributed by atoms with van der Waals surface area (Å²) in [4.78, 5) is 12.8. The Morgan fingerprint density at radius 3 is 2.10 bits per heavy atom. The van der Waals surface area contributed by atoms with Crippen LogP contribution in [0.5, 0.6) is 5.75 Å². The highest BCUT2D eigenvalue weighted by Crippen LogP contribution is 2.35. The molecule has 0 aliphatic rings. The second-order valence-electron chi connectivity index (χ2n) is 5.31. The monoisotopic (exact) mass is 282 g/mol. The van der Waals surface area contributed by atoms with E-state index in [1.54, 1.807) is 0 Å². The van der Waals surface area contributed by atoms with Crippen LogP contribution < -0.4 is 4.74 Å². The lowest BCUT2D eigenvalue weighted by molar-refractivity contribution is -0.141. The zero-order valence-corrected chi connectivity index (χ0v) is 12.9. The molecule has 21 heavy (non-hydrogen) atoms. The lowest BCUT2D eigenvalue weighted by atomic mass is 9.74. The van der Waals surface area contributed by atoms with Crippen LogP contribution in [0.25, 0.3) is 0 Å². The first-order valence-corrected chi connectivity index (χ1v) is 7.47. The minimum Gasteiger partial charge on any atom is -0.426 e. The molecule has 0 aliphatic heterocycles. The van der Waals surface area contributed by atoms with Crippen molar-refractivity contribution in [1.82, 2.24) is 0 Å². The molecule has 0 spiro atoms. The van der Waals surface area contributed by atoms with Gasteiger partial charge in [-0.1, -0.05) is 56.3 Å². The highest BCUT2D eigenvalue weighted by molar-refractivity contribution is 5.85. The van der Waals surface area contributed by atoms with Gasteiger partial charge in [-0.2, -0.15) is 0 Å². The van der Waals surface area contributed by atoms with E-state index in [0.29, 0.717) is 5.75 Å². The summed E-state index contributed by atoms with van der Waals surface area (Å²) in [5.74, 6) is 0.426. The third kappa shape index (κ3) is 2.99. The van der Waals surface area contributed by atoms with Crippen molar-refractivity contribution in [1.29, 1.82) is 0 Å². The Morgan fingerprint density at radius 2 is 1.52 bits per heavy atom. The zero-order valence-electron chi connectivity index (χ0n) is 12.9. The van der Waals surface area contributed by atoms with Crippen molar-refractivity contribution < 1.29 is 9.53 Å². The number of para-hydroxylation sites is 1. The first-order chi connectivity index (χ1) is 10.1. The number of ether oxygens (including phenoxy) is 1. The van der Waals surface area contributed by atoms with E-state index in [0.717, 1.165) is 24.0 Å². The Labute approximate surface area is 126 Å². The smallest absolute Gasteiger partial charge is 0.321 e. The number of hydrogen-bond donors (Lipinski definition) is 0.